The van der Waals surface area contributed by atoms with Crippen molar-refractivity contribution in [3.05, 3.63) is 60.2 Å². The number of methoxy groups -OCH3 is 1. The van der Waals surface area contributed by atoms with Crippen LogP contribution in [0.2, 0.25) is 0 Å². The van der Waals surface area contributed by atoms with Crippen molar-refractivity contribution in [3.8, 4) is 11.5 Å². The van der Waals surface area contributed by atoms with Crippen LogP contribution in [0.15, 0.2) is 54.6 Å². The van der Waals surface area contributed by atoms with Gasteiger partial charge >= 0.3 is 0 Å². The van der Waals surface area contributed by atoms with Crippen LogP contribution < -0.4 is 14.8 Å². The van der Waals surface area contributed by atoms with Crippen molar-refractivity contribution < 1.29 is 19.1 Å². The molecule has 2 rings (SSSR count). The summed E-state index contributed by atoms with van der Waals surface area (Å²) in [5.74, 6) is 1.32. The lowest BCUT2D eigenvalue weighted by atomic mass is 10.1. The SMILES string of the molecule is CC[C@@H](C)NC(=O)[C@H](C)N(Cc1ccc(OC)cc1)C(=O)CCCOc1ccccc1. The first-order valence-electron chi connectivity index (χ1n) is 10.8. The molecular formula is C25H34N2O4. The molecular weight excluding hydrogens is 392 g/mol. The molecule has 2 atom stereocenters. The van der Waals surface area contributed by atoms with Crippen LogP contribution in [0, 0.1) is 0 Å². The van der Waals surface area contributed by atoms with Crippen molar-refractivity contribution in [1.82, 2.24) is 10.2 Å². The molecule has 0 bridgehead atoms. The van der Waals surface area contributed by atoms with Gasteiger partial charge in [0.1, 0.15) is 17.5 Å². The number of rotatable bonds is 12. The average molecular weight is 427 g/mol. The Labute approximate surface area is 185 Å². The minimum absolute atomic E-state index is 0.0622. The summed E-state index contributed by atoms with van der Waals surface area (Å²) < 4.78 is 10.9. The van der Waals surface area contributed by atoms with E-state index in [1.807, 2.05) is 68.4 Å². The van der Waals surface area contributed by atoms with Crippen LogP contribution in [0.3, 0.4) is 0 Å². The topological polar surface area (TPSA) is 67.9 Å². The van der Waals surface area contributed by atoms with Gasteiger partial charge < -0.3 is 19.7 Å². The van der Waals surface area contributed by atoms with Crippen LogP contribution >= 0.6 is 0 Å². The molecule has 0 unspecified atom stereocenters. The van der Waals surface area contributed by atoms with E-state index in [9.17, 15) is 9.59 Å². The Bertz CT molecular complexity index is 808. The second-order valence-electron chi connectivity index (χ2n) is 7.63. The van der Waals surface area contributed by atoms with Gasteiger partial charge in [-0.1, -0.05) is 37.3 Å². The van der Waals surface area contributed by atoms with E-state index in [0.717, 1.165) is 23.5 Å². The first-order valence-corrected chi connectivity index (χ1v) is 10.8. The van der Waals surface area contributed by atoms with Gasteiger partial charge in [0.05, 0.1) is 13.7 Å². The predicted molar refractivity (Wildman–Crippen MR) is 122 cm³/mol. The molecule has 0 heterocycles. The minimum Gasteiger partial charge on any atom is -0.497 e. The maximum atomic E-state index is 13.0. The van der Waals surface area contributed by atoms with Gasteiger partial charge in [-0.25, -0.2) is 0 Å². The Kier molecular flexibility index (Phi) is 9.88. The molecule has 0 spiro atoms. The number of hydrogen-bond acceptors (Lipinski definition) is 4. The molecule has 6 heteroatoms. The maximum absolute atomic E-state index is 13.0. The Morgan fingerprint density at radius 1 is 1.00 bits per heavy atom. The number of amides is 2. The lowest BCUT2D eigenvalue weighted by molar-refractivity contribution is -0.141. The average Bonchev–Trinajstić information content (AvgIpc) is 2.80. The number of carbonyl (C=O) groups excluding carboxylic acids is 2. The number of nitrogens with zero attached hydrogens (tertiary/aromatic N) is 1. The fourth-order valence-corrected chi connectivity index (χ4v) is 3.05. The smallest absolute Gasteiger partial charge is 0.242 e. The summed E-state index contributed by atoms with van der Waals surface area (Å²) in [6.45, 7) is 6.56. The van der Waals surface area contributed by atoms with Crippen molar-refractivity contribution >= 4 is 11.8 Å². The van der Waals surface area contributed by atoms with Crippen molar-refractivity contribution in [3.63, 3.8) is 0 Å². The molecule has 0 fully saturated rings. The van der Waals surface area contributed by atoms with E-state index in [-0.39, 0.29) is 17.9 Å². The third-order valence-corrected chi connectivity index (χ3v) is 5.23. The summed E-state index contributed by atoms with van der Waals surface area (Å²) in [6, 6.07) is 16.6. The van der Waals surface area contributed by atoms with E-state index < -0.39 is 6.04 Å². The van der Waals surface area contributed by atoms with E-state index in [1.165, 1.54) is 0 Å². The molecule has 168 valence electrons. The molecule has 6 nitrogen and oxygen atoms in total. The molecule has 0 saturated carbocycles. The van der Waals surface area contributed by atoms with Crippen molar-refractivity contribution in [2.45, 2.75) is 58.7 Å². The highest BCUT2D eigenvalue weighted by molar-refractivity contribution is 5.87. The van der Waals surface area contributed by atoms with Gasteiger partial charge in [-0.2, -0.15) is 0 Å². The molecule has 0 aliphatic carbocycles. The van der Waals surface area contributed by atoms with Gasteiger partial charge in [-0.3, -0.25) is 9.59 Å². The number of hydrogen-bond donors (Lipinski definition) is 1. The molecule has 2 aromatic rings. The van der Waals surface area contributed by atoms with Gasteiger partial charge in [0, 0.05) is 19.0 Å². The number of ether oxygens (including phenoxy) is 2. The van der Waals surface area contributed by atoms with E-state index in [1.54, 1.807) is 18.9 Å². The Hall–Kier alpha value is -3.02. The fourth-order valence-electron chi connectivity index (χ4n) is 3.05. The zero-order chi connectivity index (χ0) is 22.6. The third kappa shape index (κ3) is 7.96. The molecule has 31 heavy (non-hydrogen) atoms. The van der Waals surface area contributed by atoms with Gasteiger partial charge in [0.25, 0.3) is 0 Å². The minimum atomic E-state index is -0.571. The van der Waals surface area contributed by atoms with Crippen LogP contribution in [-0.4, -0.2) is 42.5 Å². The second kappa shape index (κ2) is 12.6. The highest BCUT2D eigenvalue weighted by Crippen LogP contribution is 2.16. The molecule has 2 aromatic carbocycles. The molecule has 0 aliphatic rings. The second-order valence-corrected chi connectivity index (χ2v) is 7.63. The predicted octanol–water partition coefficient (Wildman–Crippen LogP) is 4.19. The summed E-state index contributed by atoms with van der Waals surface area (Å²) in [5.41, 5.74) is 0.942. The molecule has 0 aromatic heterocycles. The molecule has 1 N–H and O–H groups in total. The summed E-state index contributed by atoms with van der Waals surface area (Å²) >= 11 is 0. The van der Waals surface area contributed by atoms with Crippen molar-refractivity contribution in [1.29, 1.82) is 0 Å². The Morgan fingerprint density at radius 2 is 1.68 bits per heavy atom. The zero-order valence-electron chi connectivity index (χ0n) is 19.0. The van der Waals surface area contributed by atoms with Gasteiger partial charge in [-0.05, 0) is 56.5 Å². The van der Waals surface area contributed by atoms with Gasteiger partial charge in [0.15, 0.2) is 0 Å². The van der Waals surface area contributed by atoms with Gasteiger partial charge in [0.2, 0.25) is 11.8 Å². The summed E-state index contributed by atoms with van der Waals surface area (Å²) in [4.78, 5) is 27.4. The standard InChI is InChI=1S/C25H34N2O4/c1-5-19(2)26-25(29)20(3)27(18-21-13-15-22(30-4)16-14-21)24(28)12-9-17-31-23-10-7-6-8-11-23/h6-8,10-11,13-16,19-20H,5,9,12,17-18H2,1-4H3,(H,26,29)/t19-,20+/m1/s1. The summed E-state index contributed by atoms with van der Waals surface area (Å²) in [7, 11) is 1.61. The maximum Gasteiger partial charge on any atom is 0.242 e. The zero-order valence-corrected chi connectivity index (χ0v) is 19.0. The monoisotopic (exact) mass is 426 g/mol. The number of carbonyl (C=O) groups is 2. The lowest BCUT2D eigenvalue weighted by Crippen LogP contribution is -2.49. The Morgan fingerprint density at radius 3 is 2.29 bits per heavy atom. The molecule has 0 saturated heterocycles. The van der Waals surface area contributed by atoms with Crippen molar-refractivity contribution in [2.75, 3.05) is 13.7 Å². The van der Waals surface area contributed by atoms with Crippen LogP contribution in [0.25, 0.3) is 0 Å². The number of nitrogens with one attached hydrogen (secondary N) is 1. The molecule has 2 amide bonds. The van der Waals surface area contributed by atoms with Crippen LogP contribution in [0.5, 0.6) is 11.5 Å². The highest BCUT2D eigenvalue weighted by Gasteiger charge is 2.26. The fraction of sp³-hybridized carbons (Fsp3) is 0.440. The number of para-hydroxylation sites is 1. The van der Waals surface area contributed by atoms with Crippen LogP contribution in [-0.2, 0) is 16.1 Å². The normalized spacial score (nSPS) is 12.5. The Balaban J connectivity index is 2.01. The van der Waals surface area contributed by atoms with Crippen LogP contribution in [0.1, 0.15) is 45.6 Å². The van der Waals surface area contributed by atoms with Gasteiger partial charge in [-0.15, -0.1) is 0 Å². The van der Waals surface area contributed by atoms with Crippen LogP contribution in [0.4, 0.5) is 0 Å². The van der Waals surface area contributed by atoms with Crippen molar-refractivity contribution in [2.24, 2.45) is 0 Å². The lowest BCUT2D eigenvalue weighted by Gasteiger charge is -2.30. The molecule has 0 radical (unpaired) electrons. The quantitative estimate of drug-likeness (QED) is 0.517. The first kappa shape index (κ1) is 24.3. The summed E-state index contributed by atoms with van der Waals surface area (Å²) in [5, 5.41) is 2.98. The summed E-state index contributed by atoms with van der Waals surface area (Å²) in [6.07, 6.45) is 1.72. The van der Waals surface area contributed by atoms with E-state index in [2.05, 4.69) is 5.32 Å². The van der Waals surface area contributed by atoms with E-state index >= 15 is 0 Å². The largest absolute Gasteiger partial charge is 0.497 e. The first-order chi connectivity index (χ1) is 14.9. The third-order valence-electron chi connectivity index (χ3n) is 5.23. The number of benzene rings is 2. The van der Waals surface area contributed by atoms with E-state index in [4.69, 9.17) is 9.47 Å². The molecule has 0 aliphatic heterocycles. The highest BCUT2D eigenvalue weighted by atomic mass is 16.5. The van der Waals surface area contributed by atoms with E-state index in [0.29, 0.717) is 26.0 Å².